The molecule has 0 saturated heterocycles. The van der Waals surface area contributed by atoms with Crippen LogP contribution in [0.25, 0.3) is 16.9 Å². The molecular formula is C25H22ClN3O2. The zero-order valence-corrected chi connectivity index (χ0v) is 18.1. The lowest BCUT2D eigenvalue weighted by Crippen LogP contribution is -2.23. The Bertz CT molecular complexity index is 1200. The van der Waals surface area contributed by atoms with Gasteiger partial charge in [-0.05, 0) is 54.4 Å². The lowest BCUT2D eigenvalue weighted by Gasteiger charge is -2.15. The van der Waals surface area contributed by atoms with Crippen LogP contribution < -0.4 is 10.1 Å². The first-order valence-corrected chi connectivity index (χ1v) is 10.2. The molecule has 0 saturated carbocycles. The van der Waals surface area contributed by atoms with Gasteiger partial charge in [-0.2, -0.15) is 0 Å². The minimum absolute atomic E-state index is 0.148. The number of hydrogen-bond acceptors (Lipinski definition) is 3. The Balaban J connectivity index is 1.78. The van der Waals surface area contributed by atoms with E-state index in [4.69, 9.17) is 16.3 Å². The first kappa shape index (κ1) is 20.7. The molecule has 31 heavy (non-hydrogen) atoms. The van der Waals surface area contributed by atoms with Crippen LogP contribution in [0.1, 0.15) is 21.6 Å². The van der Waals surface area contributed by atoms with Crippen LogP contribution >= 0.6 is 11.6 Å². The number of nitrogens with one attached hydrogen (secondary N) is 1. The second kappa shape index (κ2) is 9.06. The summed E-state index contributed by atoms with van der Waals surface area (Å²) in [5.74, 6) is 0.573. The average molecular weight is 432 g/mol. The minimum atomic E-state index is -0.148. The highest BCUT2D eigenvalue weighted by molar-refractivity contribution is 6.30. The fourth-order valence-corrected chi connectivity index (χ4v) is 3.70. The average Bonchev–Trinajstić information content (AvgIpc) is 3.15. The van der Waals surface area contributed by atoms with Crippen molar-refractivity contribution >= 4 is 17.5 Å². The number of ether oxygens (including phenoxy) is 1. The highest BCUT2D eigenvalue weighted by Gasteiger charge is 2.21. The van der Waals surface area contributed by atoms with Gasteiger partial charge in [0, 0.05) is 29.7 Å². The molecule has 2 aromatic heterocycles. The fourth-order valence-electron chi connectivity index (χ4n) is 3.57. The van der Waals surface area contributed by atoms with Crippen molar-refractivity contribution in [2.75, 3.05) is 7.11 Å². The summed E-state index contributed by atoms with van der Waals surface area (Å²) in [6, 6.07) is 21.0. The number of carbonyl (C=O) groups is 1. The van der Waals surface area contributed by atoms with E-state index in [9.17, 15) is 4.79 Å². The Kier molecular flexibility index (Phi) is 6.05. The molecular weight excluding hydrogens is 410 g/mol. The molecule has 0 unspecified atom stereocenters. The predicted octanol–water partition coefficient (Wildman–Crippen LogP) is 5.44. The van der Waals surface area contributed by atoms with E-state index in [1.807, 2.05) is 78.2 Å². The molecule has 0 spiro atoms. The normalized spacial score (nSPS) is 10.7. The zero-order chi connectivity index (χ0) is 21.8. The molecule has 0 aliphatic heterocycles. The third-order valence-corrected chi connectivity index (χ3v) is 5.39. The van der Waals surface area contributed by atoms with Crippen LogP contribution in [0.3, 0.4) is 0 Å². The number of rotatable bonds is 6. The lowest BCUT2D eigenvalue weighted by molar-refractivity contribution is 0.0950. The van der Waals surface area contributed by atoms with E-state index in [0.29, 0.717) is 17.1 Å². The number of para-hydroxylation sites is 2. The second-order valence-electron chi connectivity index (χ2n) is 7.09. The maximum absolute atomic E-state index is 13.1. The molecule has 0 aliphatic carbocycles. The van der Waals surface area contributed by atoms with Crippen LogP contribution in [-0.4, -0.2) is 22.6 Å². The van der Waals surface area contributed by atoms with Crippen molar-refractivity contribution in [3.63, 3.8) is 0 Å². The van der Waals surface area contributed by atoms with Crippen molar-refractivity contribution in [1.29, 1.82) is 0 Å². The number of pyridine rings is 1. The van der Waals surface area contributed by atoms with Gasteiger partial charge in [-0.3, -0.25) is 9.78 Å². The standard InChI is InChI=1S/C25H22ClN3O2/c1-17-21(25(30)28-16-18-6-5-13-27-15-18)14-23(19-9-11-20(26)12-10-19)29(17)22-7-3-4-8-24(22)31-2/h3-15H,16H2,1-2H3,(H,28,30). The van der Waals surface area contributed by atoms with Crippen LogP contribution in [0, 0.1) is 6.92 Å². The molecule has 1 amide bonds. The third-order valence-electron chi connectivity index (χ3n) is 5.13. The molecule has 2 aromatic carbocycles. The molecule has 5 nitrogen and oxygen atoms in total. The summed E-state index contributed by atoms with van der Waals surface area (Å²) >= 11 is 6.09. The van der Waals surface area contributed by atoms with Crippen molar-refractivity contribution in [3.8, 4) is 22.7 Å². The Morgan fingerprint density at radius 2 is 1.87 bits per heavy atom. The number of halogens is 1. The van der Waals surface area contributed by atoms with Gasteiger partial charge in [-0.1, -0.05) is 41.9 Å². The van der Waals surface area contributed by atoms with Crippen LogP contribution in [-0.2, 0) is 6.54 Å². The molecule has 0 aliphatic rings. The van der Waals surface area contributed by atoms with Crippen LogP contribution in [0.5, 0.6) is 5.75 Å². The van der Waals surface area contributed by atoms with Crippen molar-refractivity contribution < 1.29 is 9.53 Å². The predicted molar refractivity (Wildman–Crippen MR) is 123 cm³/mol. The number of benzene rings is 2. The minimum Gasteiger partial charge on any atom is -0.495 e. The maximum Gasteiger partial charge on any atom is 0.253 e. The van der Waals surface area contributed by atoms with E-state index >= 15 is 0 Å². The van der Waals surface area contributed by atoms with E-state index < -0.39 is 0 Å². The largest absolute Gasteiger partial charge is 0.495 e. The fraction of sp³-hybridized carbons (Fsp3) is 0.120. The van der Waals surface area contributed by atoms with Crippen molar-refractivity contribution in [2.24, 2.45) is 0 Å². The SMILES string of the molecule is COc1ccccc1-n1c(-c2ccc(Cl)cc2)cc(C(=O)NCc2cccnc2)c1C. The zero-order valence-electron chi connectivity index (χ0n) is 17.3. The van der Waals surface area contributed by atoms with E-state index in [1.54, 1.807) is 19.5 Å². The van der Waals surface area contributed by atoms with E-state index in [2.05, 4.69) is 10.3 Å². The van der Waals surface area contributed by atoms with Gasteiger partial charge in [0.1, 0.15) is 5.75 Å². The van der Waals surface area contributed by atoms with Crippen molar-refractivity contribution in [1.82, 2.24) is 14.9 Å². The summed E-state index contributed by atoms with van der Waals surface area (Å²) in [7, 11) is 1.64. The first-order valence-electron chi connectivity index (χ1n) is 9.87. The quantitative estimate of drug-likeness (QED) is 0.442. The Labute approximate surface area is 186 Å². The van der Waals surface area contributed by atoms with E-state index in [0.717, 1.165) is 34.0 Å². The van der Waals surface area contributed by atoms with Gasteiger partial charge in [-0.15, -0.1) is 0 Å². The smallest absolute Gasteiger partial charge is 0.253 e. The highest BCUT2D eigenvalue weighted by atomic mass is 35.5. The highest BCUT2D eigenvalue weighted by Crippen LogP contribution is 2.34. The number of methoxy groups -OCH3 is 1. The summed E-state index contributed by atoms with van der Waals surface area (Å²) in [4.78, 5) is 17.2. The number of nitrogens with zero attached hydrogens (tertiary/aromatic N) is 2. The van der Waals surface area contributed by atoms with E-state index in [1.165, 1.54) is 0 Å². The molecule has 0 radical (unpaired) electrons. The Hall–Kier alpha value is -3.57. The molecule has 156 valence electrons. The molecule has 0 fully saturated rings. The summed E-state index contributed by atoms with van der Waals surface area (Å²) in [5, 5.41) is 3.65. The second-order valence-corrected chi connectivity index (χ2v) is 7.52. The number of amides is 1. The maximum atomic E-state index is 13.1. The van der Waals surface area contributed by atoms with Crippen LogP contribution in [0.2, 0.25) is 5.02 Å². The summed E-state index contributed by atoms with van der Waals surface area (Å²) < 4.78 is 7.63. The van der Waals surface area contributed by atoms with Gasteiger partial charge >= 0.3 is 0 Å². The van der Waals surface area contributed by atoms with E-state index in [-0.39, 0.29) is 5.91 Å². The Morgan fingerprint density at radius 3 is 2.58 bits per heavy atom. The van der Waals surface area contributed by atoms with Gasteiger partial charge < -0.3 is 14.6 Å². The molecule has 2 heterocycles. The van der Waals surface area contributed by atoms with Gasteiger partial charge in [0.05, 0.1) is 24.1 Å². The molecule has 0 bridgehead atoms. The molecule has 1 N–H and O–H groups in total. The first-order chi connectivity index (χ1) is 15.1. The molecule has 4 aromatic rings. The Morgan fingerprint density at radius 1 is 1.10 bits per heavy atom. The monoisotopic (exact) mass is 431 g/mol. The number of hydrogen-bond donors (Lipinski definition) is 1. The third kappa shape index (κ3) is 4.32. The summed E-state index contributed by atoms with van der Waals surface area (Å²) in [6.07, 6.45) is 3.45. The number of carbonyl (C=O) groups excluding carboxylic acids is 1. The van der Waals surface area contributed by atoms with Crippen LogP contribution in [0.4, 0.5) is 0 Å². The van der Waals surface area contributed by atoms with Gasteiger partial charge in [0.25, 0.3) is 5.91 Å². The summed E-state index contributed by atoms with van der Waals surface area (Å²) in [6.45, 7) is 2.34. The topological polar surface area (TPSA) is 56.1 Å². The molecule has 4 rings (SSSR count). The van der Waals surface area contributed by atoms with Crippen molar-refractivity contribution in [3.05, 3.63) is 101 Å². The summed E-state index contributed by atoms with van der Waals surface area (Å²) in [5.41, 5.74) is 5.04. The van der Waals surface area contributed by atoms with Crippen LogP contribution in [0.15, 0.2) is 79.1 Å². The van der Waals surface area contributed by atoms with Gasteiger partial charge in [0.15, 0.2) is 0 Å². The molecule has 6 heteroatoms. The molecule has 0 atom stereocenters. The van der Waals surface area contributed by atoms with Gasteiger partial charge in [0.2, 0.25) is 0 Å². The van der Waals surface area contributed by atoms with Gasteiger partial charge in [-0.25, -0.2) is 0 Å². The van der Waals surface area contributed by atoms with Crippen molar-refractivity contribution in [2.45, 2.75) is 13.5 Å². The lowest BCUT2D eigenvalue weighted by atomic mass is 10.1. The number of aromatic nitrogens is 2.